The van der Waals surface area contributed by atoms with Gasteiger partial charge in [0.1, 0.15) is 0 Å². The van der Waals surface area contributed by atoms with Crippen molar-refractivity contribution < 1.29 is 9.18 Å². The number of amides is 1. The van der Waals surface area contributed by atoms with E-state index in [1.165, 1.54) is 6.92 Å². The van der Waals surface area contributed by atoms with Crippen LogP contribution in [0.3, 0.4) is 0 Å². The number of rotatable bonds is 1. The Hall–Kier alpha value is -1.38. The third kappa shape index (κ3) is 1.87. The summed E-state index contributed by atoms with van der Waals surface area (Å²) >= 11 is 0. The summed E-state index contributed by atoms with van der Waals surface area (Å²) < 4.78 is 14.7. The second-order valence-corrected chi connectivity index (χ2v) is 6.11. The van der Waals surface area contributed by atoms with Crippen LogP contribution in [0.15, 0.2) is 24.3 Å². The fourth-order valence-electron chi connectivity index (χ4n) is 3.39. The zero-order valence-electron chi connectivity index (χ0n) is 11.5. The molecule has 1 fully saturated rings. The summed E-state index contributed by atoms with van der Waals surface area (Å²) in [6.45, 7) is 3.63. The third-order valence-electron chi connectivity index (χ3n) is 4.64. The van der Waals surface area contributed by atoms with Crippen molar-refractivity contribution in [3.8, 4) is 0 Å². The van der Waals surface area contributed by atoms with E-state index in [0.29, 0.717) is 5.56 Å². The minimum absolute atomic E-state index is 0.169. The van der Waals surface area contributed by atoms with Crippen molar-refractivity contribution >= 4 is 11.6 Å². The molecule has 3 heteroatoms. The minimum Gasteiger partial charge on any atom is -0.306 e. The van der Waals surface area contributed by atoms with E-state index >= 15 is 0 Å². The third-order valence-corrected chi connectivity index (χ3v) is 4.64. The maximum Gasteiger partial charge on any atom is 0.269 e. The largest absolute Gasteiger partial charge is 0.306 e. The number of carbonyl (C=O) groups excluding carboxylic acids is 1. The molecule has 3 rings (SSSR count). The first-order valence-electron chi connectivity index (χ1n) is 7.14. The molecule has 1 atom stereocenters. The number of halogens is 1. The van der Waals surface area contributed by atoms with Crippen LogP contribution in [0, 0.1) is 5.92 Å². The van der Waals surface area contributed by atoms with Gasteiger partial charge in [0.15, 0.2) is 0 Å². The van der Waals surface area contributed by atoms with Crippen LogP contribution in [0.2, 0.25) is 0 Å². The van der Waals surface area contributed by atoms with Crippen molar-refractivity contribution in [3.05, 3.63) is 29.8 Å². The smallest absolute Gasteiger partial charge is 0.269 e. The summed E-state index contributed by atoms with van der Waals surface area (Å²) in [4.78, 5) is 14.1. The van der Waals surface area contributed by atoms with Crippen LogP contribution in [0.1, 0.15) is 45.1 Å². The summed E-state index contributed by atoms with van der Waals surface area (Å²) in [5.74, 6) is 0.342. The molecule has 0 radical (unpaired) electrons. The molecule has 2 nitrogen and oxygen atoms in total. The van der Waals surface area contributed by atoms with E-state index < -0.39 is 5.67 Å². The Labute approximate surface area is 113 Å². The van der Waals surface area contributed by atoms with E-state index in [1.807, 2.05) is 12.1 Å². The van der Waals surface area contributed by atoms with Crippen LogP contribution in [0.5, 0.6) is 0 Å². The van der Waals surface area contributed by atoms with Crippen LogP contribution >= 0.6 is 0 Å². The highest BCUT2D eigenvalue weighted by Crippen LogP contribution is 2.45. The first-order valence-corrected chi connectivity index (χ1v) is 7.14. The molecule has 19 heavy (non-hydrogen) atoms. The van der Waals surface area contributed by atoms with Crippen LogP contribution in [0.25, 0.3) is 0 Å². The molecule has 1 aliphatic carbocycles. The number of benzene rings is 1. The fraction of sp³-hybridized carbons (Fsp3) is 0.562. The molecule has 1 aromatic rings. The summed E-state index contributed by atoms with van der Waals surface area (Å²) in [5, 5.41) is 0. The highest BCUT2D eigenvalue weighted by atomic mass is 19.1. The molecule has 1 unspecified atom stereocenters. The van der Waals surface area contributed by atoms with Crippen LogP contribution in [-0.4, -0.2) is 11.9 Å². The number of anilines is 1. The number of hydrogen-bond acceptors (Lipinski definition) is 1. The van der Waals surface area contributed by atoms with Crippen LogP contribution in [-0.2, 0) is 10.5 Å². The van der Waals surface area contributed by atoms with Crippen molar-refractivity contribution in [2.24, 2.45) is 5.92 Å². The van der Waals surface area contributed by atoms with Crippen molar-refractivity contribution in [2.75, 3.05) is 4.90 Å². The highest BCUT2D eigenvalue weighted by Gasteiger charge is 2.50. The predicted octanol–water partition coefficient (Wildman–Crippen LogP) is 3.80. The lowest BCUT2D eigenvalue weighted by molar-refractivity contribution is -0.128. The first-order chi connectivity index (χ1) is 9.01. The number of fused-ring (bicyclic) bond motifs is 1. The average Bonchev–Trinajstić information content (AvgIpc) is 2.60. The monoisotopic (exact) mass is 261 g/mol. The maximum atomic E-state index is 14.7. The number of carbonyl (C=O) groups is 1. The van der Waals surface area contributed by atoms with Gasteiger partial charge in [-0.15, -0.1) is 0 Å². The van der Waals surface area contributed by atoms with E-state index in [-0.39, 0.29) is 11.9 Å². The lowest BCUT2D eigenvalue weighted by atomic mass is 9.86. The lowest BCUT2D eigenvalue weighted by Crippen LogP contribution is -2.44. The molecule has 0 N–H and O–H groups in total. The summed E-state index contributed by atoms with van der Waals surface area (Å²) in [6, 6.07) is 7.46. The van der Waals surface area contributed by atoms with E-state index in [4.69, 9.17) is 0 Å². The van der Waals surface area contributed by atoms with Crippen LogP contribution in [0.4, 0.5) is 10.1 Å². The molecule has 102 valence electrons. The van der Waals surface area contributed by atoms with Gasteiger partial charge >= 0.3 is 0 Å². The normalized spacial score (nSPS) is 34.5. The lowest BCUT2D eigenvalue weighted by Gasteiger charge is -2.34. The van der Waals surface area contributed by atoms with Gasteiger partial charge in [-0.05, 0) is 44.6 Å². The number of hydrogen-bond donors (Lipinski definition) is 0. The Kier molecular flexibility index (Phi) is 2.88. The van der Waals surface area contributed by atoms with Crippen molar-refractivity contribution in [1.82, 2.24) is 0 Å². The zero-order valence-corrected chi connectivity index (χ0v) is 11.5. The molecular formula is C16H20FNO. The van der Waals surface area contributed by atoms with E-state index in [2.05, 4.69) is 6.92 Å². The standard InChI is InChI=1S/C16H20FNO/c1-11-7-9-12(10-8-11)18-14-6-4-3-5-13(14)16(2,17)15(18)19/h3-6,11-12H,7-10H2,1-2H3. The topological polar surface area (TPSA) is 20.3 Å². The molecule has 1 amide bonds. The number of nitrogens with zero attached hydrogens (tertiary/aromatic N) is 1. The van der Waals surface area contributed by atoms with Gasteiger partial charge in [0.25, 0.3) is 5.91 Å². The van der Waals surface area contributed by atoms with Gasteiger partial charge < -0.3 is 4.90 Å². The second-order valence-electron chi connectivity index (χ2n) is 6.11. The highest BCUT2D eigenvalue weighted by molar-refractivity contribution is 6.07. The van der Waals surface area contributed by atoms with E-state index in [1.54, 1.807) is 17.0 Å². The average molecular weight is 261 g/mol. The summed E-state index contributed by atoms with van der Waals surface area (Å²) in [5.41, 5.74) is -0.560. The zero-order chi connectivity index (χ0) is 13.6. The Balaban J connectivity index is 1.97. The molecule has 0 aromatic heterocycles. The van der Waals surface area contributed by atoms with E-state index in [9.17, 15) is 9.18 Å². The quantitative estimate of drug-likeness (QED) is 0.753. The van der Waals surface area contributed by atoms with Crippen molar-refractivity contribution in [3.63, 3.8) is 0 Å². The minimum atomic E-state index is -1.86. The first kappa shape index (κ1) is 12.6. The Morgan fingerprint density at radius 2 is 1.84 bits per heavy atom. The summed E-state index contributed by atoms with van der Waals surface area (Å²) in [6.07, 6.45) is 4.22. The molecule has 0 spiro atoms. The number of para-hydroxylation sites is 1. The molecule has 1 aliphatic heterocycles. The van der Waals surface area contributed by atoms with Gasteiger partial charge in [-0.25, -0.2) is 4.39 Å². The Morgan fingerprint density at radius 3 is 2.53 bits per heavy atom. The molecule has 1 saturated carbocycles. The van der Waals surface area contributed by atoms with Gasteiger partial charge in [0, 0.05) is 11.6 Å². The molecule has 1 aromatic carbocycles. The molecule has 0 saturated heterocycles. The van der Waals surface area contributed by atoms with Gasteiger partial charge in [-0.3, -0.25) is 4.79 Å². The van der Waals surface area contributed by atoms with Gasteiger partial charge in [0.2, 0.25) is 5.67 Å². The predicted molar refractivity (Wildman–Crippen MR) is 73.8 cm³/mol. The van der Waals surface area contributed by atoms with Crippen LogP contribution < -0.4 is 4.90 Å². The van der Waals surface area contributed by atoms with Crippen molar-refractivity contribution in [2.45, 2.75) is 51.2 Å². The number of alkyl halides is 1. The molecule has 2 aliphatic rings. The molecular weight excluding hydrogens is 241 g/mol. The summed E-state index contributed by atoms with van der Waals surface area (Å²) in [7, 11) is 0. The molecule has 1 heterocycles. The second kappa shape index (κ2) is 4.32. The molecule has 0 bridgehead atoms. The SMILES string of the molecule is CC1CCC(N2C(=O)C(C)(F)c3ccccc32)CC1. The fourth-order valence-corrected chi connectivity index (χ4v) is 3.39. The Morgan fingerprint density at radius 1 is 1.21 bits per heavy atom. The van der Waals surface area contributed by atoms with E-state index in [0.717, 1.165) is 37.3 Å². The Bertz CT molecular complexity index is 503. The van der Waals surface area contributed by atoms with Gasteiger partial charge in [-0.1, -0.05) is 25.1 Å². The maximum absolute atomic E-state index is 14.7. The van der Waals surface area contributed by atoms with Crippen molar-refractivity contribution in [1.29, 1.82) is 0 Å². The van der Waals surface area contributed by atoms with Gasteiger partial charge in [-0.2, -0.15) is 0 Å². The van der Waals surface area contributed by atoms with Gasteiger partial charge in [0.05, 0.1) is 5.69 Å².